The van der Waals surface area contributed by atoms with Crippen LogP contribution in [0.15, 0.2) is 24.3 Å². The smallest absolute Gasteiger partial charge is 0.136 e. The minimum Gasteiger partial charge on any atom is -0.383 e. The summed E-state index contributed by atoms with van der Waals surface area (Å²) in [6, 6.07) is 8.22. The third kappa shape index (κ3) is 4.43. The van der Waals surface area contributed by atoms with Crippen LogP contribution >= 0.6 is 0 Å². The molecule has 0 amide bonds. The molecule has 0 aliphatic heterocycles. The van der Waals surface area contributed by atoms with Gasteiger partial charge in [-0.05, 0) is 38.0 Å². The molecule has 0 aliphatic rings. The zero-order valence-corrected chi connectivity index (χ0v) is 13.0. The Morgan fingerprint density at radius 2 is 1.81 bits per heavy atom. The molecule has 5 heteroatoms. The lowest BCUT2D eigenvalue weighted by Gasteiger charge is -2.12. The number of nitrogens with one attached hydrogen (secondary N) is 2. The van der Waals surface area contributed by atoms with Gasteiger partial charge in [0, 0.05) is 25.4 Å². The Morgan fingerprint density at radius 1 is 1.05 bits per heavy atom. The predicted octanol–water partition coefficient (Wildman–Crippen LogP) is 3.20. The van der Waals surface area contributed by atoms with Crippen molar-refractivity contribution in [2.45, 2.75) is 20.8 Å². The zero-order valence-electron chi connectivity index (χ0n) is 13.0. The van der Waals surface area contributed by atoms with E-state index < -0.39 is 0 Å². The van der Waals surface area contributed by atoms with Crippen molar-refractivity contribution in [3.63, 3.8) is 0 Å². The van der Waals surface area contributed by atoms with Gasteiger partial charge in [0.1, 0.15) is 17.5 Å². The Kier molecular flexibility index (Phi) is 5.11. The number of hydrogen-bond acceptors (Lipinski definition) is 5. The lowest BCUT2D eigenvalue weighted by molar-refractivity contribution is 0.210. The second-order valence-corrected chi connectivity index (χ2v) is 5.05. The molecule has 2 aromatic rings. The average Bonchev–Trinajstić information content (AvgIpc) is 2.43. The number of rotatable bonds is 6. The average molecular weight is 286 g/mol. The van der Waals surface area contributed by atoms with Gasteiger partial charge in [0.15, 0.2) is 0 Å². The molecule has 0 radical (unpaired) electrons. The first-order valence-corrected chi connectivity index (χ1v) is 7.01. The summed E-state index contributed by atoms with van der Waals surface area (Å²) in [6.45, 7) is 7.40. The van der Waals surface area contributed by atoms with Gasteiger partial charge in [-0.2, -0.15) is 0 Å². The SMILES string of the molecule is COCCNc1cc(Nc2cc(C)ccc2C)nc(C)n1. The van der Waals surface area contributed by atoms with Crippen molar-refractivity contribution >= 4 is 17.3 Å². The Labute approximate surface area is 125 Å². The van der Waals surface area contributed by atoms with Crippen LogP contribution < -0.4 is 10.6 Å². The molecule has 0 unspecified atom stereocenters. The molecule has 0 atom stereocenters. The number of benzene rings is 1. The highest BCUT2D eigenvalue weighted by atomic mass is 16.5. The summed E-state index contributed by atoms with van der Waals surface area (Å²) in [4.78, 5) is 8.80. The van der Waals surface area contributed by atoms with Crippen molar-refractivity contribution in [3.8, 4) is 0 Å². The van der Waals surface area contributed by atoms with Crippen molar-refractivity contribution in [3.05, 3.63) is 41.2 Å². The zero-order chi connectivity index (χ0) is 15.2. The summed E-state index contributed by atoms with van der Waals surface area (Å²) >= 11 is 0. The number of ether oxygens (including phenoxy) is 1. The fraction of sp³-hybridized carbons (Fsp3) is 0.375. The van der Waals surface area contributed by atoms with E-state index >= 15 is 0 Å². The molecule has 5 nitrogen and oxygen atoms in total. The molecule has 0 aliphatic carbocycles. The maximum absolute atomic E-state index is 5.03. The highest BCUT2D eigenvalue weighted by molar-refractivity contribution is 5.63. The Balaban J connectivity index is 2.17. The molecule has 1 aromatic heterocycles. The van der Waals surface area contributed by atoms with Gasteiger partial charge in [0.25, 0.3) is 0 Å². The standard InChI is InChI=1S/C16H22N4O/c1-11-5-6-12(2)14(9-11)20-16-10-15(17-7-8-21-4)18-13(3)19-16/h5-6,9-10H,7-8H2,1-4H3,(H2,17,18,19,20). The second-order valence-electron chi connectivity index (χ2n) is 5.05. The van der Waals surface area contributed by atoms with E-state index in [1.54, 1.807) is 7.11 Å². The van der Waals surface area contributed by atoms with Gasteiger partial charge < -0.3 is 15.4 Å². The van der Waals surface area contributed by atoms with E-state index in [1.165, 1.54) is 11.1 Å². The van der Waals surface area contributed by atoms with Crippen molar-refractivity contribution in [1.29, 1.82) is 0 Å². The fourth-order valence-electron chi connectivity index (χ4n) is 2.01. The van der Waals surface area contributed by atoms with E-state index in [0.29, 0.717) is 6.61 Å². The number of nitrogens with zero attached hydrogens (tertiary/aromatic N) is 2. The van der Waals surface area contributed by atoms with E-state index in [2.05, 4.69) is 52.6 Å². The van der Waals surface area contributed by atoms with E-state index in [1.807, 2.05) is 13.0 Å². The molecule has 0 bridgehead atoms. The highest BCUT2D eigenvalue weighted by Crippen LogP contribution is 2.22. The van der Waals surface area contributed by atoms with Crippen molar-refractivity contribution < 1.29 is 4.74 Å². The third-order valence-electron chi connectivity index (χ3n) is 3.11. The lowest BCUT2D eigenvalue weighted by atomic mass is 10.1. The van der Waals surface area contributed by atoms with Crippen LogP contribution in [0.5, 0.6) is 0 Å². The van der Waals surface area contributed by atoms with E-state index in [9.17, 15) is 0 Å². The molecule has 1 aromatic carbocycles. The van der Waals surface area contributed by atoms with Gasteiger partial charge in [-0.15, -0.1) is 0 Å². The topological polar surface area (TPSA) is 59.1 Å². The van der Waals surface area contributed by atoms with Crippen LogP contribution in [-0.4, -0.2) is 30.2 Å². The van der Waals surface area contributed by atoms with Gasteiger partial charge in [-0.25, -0.2) is 9.97 Å². The van der Waals surface area contributed by atoms with E-state index in [0.717, 1.165) is 29.7 Å². The first-order chi connectivity index (χ1) is 10.1. The minimum absolute atomic E-state index is 0.642. The van der Waals surface area contributed by atoms with Crippen LogP contribution in [0.25, 0.3) is 0 Å². The summed E-state index contributed by atoms with van der Waals surface area (Å²) in [5.74, 6) is 2.31. The fourth-order valence-corrected chi connectivity index (χ4v) is 2.01. The number of methoxy groups -OCH3 is 1. The van der Waals surface area contributed by atoms with E-state index in [-0.39, 0.29) is 0 Å². The number of aryl methyl sites for hydroxylation is 3. The summed E-state index contributed by atoms with van der Waals surface area (Å²) in [5.41, 5.74) is 3.47. The van der Waals surface area contributed by atoms with Crippen molar-refractivity contribution in [2.75, 3.05) is 30.9 Å². The van der Waals surface area contributed by atoms with Crippen LogP contribution in [-0.2, 0) is 4.74 Å². The van der Waals surface area contributed by atoms with Crippen LogP contribution in [0.2, 0.25) is 0 Å². The van der Waals surface area contributed by atoms with Gasteiger partial charge in [-0.3, -0.25) is 0 Å². The van der Waals surface area contributed by atoms with E-state index in [4.69, 9.17) is 4.74 Å². The van der Waals surface area contributed by atoms with Crippen LogP contribution in [0, 0.1) is 20.8 Å². The van der Waals surface area contributed by atoms with Gasteiger partial charge in [0.05, 0.1) is 6.61 Å². The van der Waals surface area contributed by atoms with Crippen molar-refractivity contribution in [1.82, 2.24) is 9.97 Å². The first kappa shape index (κ1) is 15.3. The first-order valence-electron chi connectivity index (χ1n) is 7.01. The molecule has 0 saturated carbocycles. The molecule has 0 fully saturated rings. The normalized spacial score (nSPS) is 10.5. The third-order valence-corrected chi connectivity index (χ3v) is 3.11. The van der Waals surface area contributed by atoms with Gasteiger partial charge in [0.2, 0.25) is 0 Å². The molecule has 1 heterocycles. The predicted molar refractivity (Wildman–Crippen MR) is 86.3 cm³/mol. The van der Waals surface area contributed by atoms with Crippen LogP contribution in [0.3, 0.4) is 0 Å². The number of hydrogen-bond donors (Lipinski definition) is 2. The van der Waals surface area contributed by atoms with Crippen LogP contribution in [0.1, 0.15) is 17.0 Å². The summed E-state index contributed by atoms with van der Waals surface area (Å²) in [5, 5.41) is 6.58. The summed E-state index contributed by atoms with van der Waals surface area (Å²) < 4.78 is 5.03. The monoisotopic (exact) mass is 286 g/mol. The molecule has 2 rings (SSSR count). The van der Waals surface area contributed by atoms with Crippen molar-refractivity contribution in [2.24, 2.45) is 0 Å². The Hall–Kier alpha value is -2.14. The quantitative estimate of drug-likeness (QED) is 0.799. The summed E-state index contributed by atoms with van der Waals surface area (Å²) in [6.07, 6.45) is 0. The molecule has 21 heavy (non-hydrogen) atoms. The molecule has 112 valence electrons. The lowest BCUT2D eigenvalue weighted by Crippen LogP contribution is -2.10. The maximum atomic E-state index is 5.03. The van der Waals surface area contributed by atoms with Gasteiger partial charge in [-0.1, -0.05) is 12.1 Å². The molecular weight excluding hydrogens is 264 g/mol. The van der Waals surface area contributed by atoms with Crippen LogP contribution in [0.4, 0.5) is 17.3 Å². The summed E-state index contributed by atoms with van der Waals surface area (Å²) in [7, 11) is 1.68. The Bertz CT molecular complexity index is 613. The molecule has 2 N–H and O–H groups in total. The minimum atomic E-state index is 0.642. The van der Waals surface area contributed by atoms with Gasteiger partial charge >= 0.3 is 0 Å². The Morgan fingerprint density at radius 3 is 2.57 bits per heavy atom. The maximum Gasteiger partial charge on any atom is 0.136 e. The second kappa shape index (κ2) is 7.04. The highest BCUT2D eigenvalue weighted by Gasteiger charge is 2.04. The molecular formula is C16H22N4O. The number of aromatic nitrogens is 2. The number of anilines is 3. The largest absolute Gasteiger partial charge is 0.383 e. The molecule has 0 saturated heterocycles. The molecule has 0 spiro atoms.